The average molecular weight is 286 g/mol. The molecule has 1 fully saturated rings. The first kappa shape index (κ1) is 13.7. The van der Waals surface area contributed by atoms with Crippen molar-refractivity contribution in [3.8, 4) is 0 Å². The summed E-state index contributed by atoms with van der Waals surface area (Å²) in [7, 11) is 0. The van der Waals surface area contributed by atoms with Crippen LogP contribution in [0.2, 0.25) is 5.15 Å². The van der Waals surface area contributed by atoms with Gasteiger partial charge in [-0.3, -0.25) is 9.78 Å². The highest BCUT2D eigenvalue weighted by molar-refractivity contribution is 6.29. The van der Waals surface area contributed by atoms with E-state index in [1.165, 1.54) is 12.4 Å². The zero-order chi connectivity index (χ0) is 13.9. The van der Waals surface area contributed by atoms with Crippen LogP contribution in [0.4, 0.5) is 0 Å². The molecule has 0 radical (unpaired) electrons. The second-order valence-corrected chi connectivity index (χ2v) is 4.57. The molecule has 2 rings (SSSR count). The van der Waals surface area contributed by atoms with Crippen LogP contribution in [0.25, 0.3) is 0 Å². The van der Waals surface area contributed by atoms with Gasteiger partial charge in [0, 0.05) is 26.1 Å². The molecule has 8 heteroatoms. The molecular formula is C11H12ClN3O4. The zero-order valence-electron chi connectivity index (χ0n) is 9.93. The Morgan fingerprint density at radius 3 is 2.63 bits per heavy atom. The number of carboxylic acid groups (broad SMARTS) is 1. The predicted octanol–water partition coefficient (Wildman–Crippen LogP) is 0.494. The molecule has 1 aliphatic rings. The van der Waals surface area contributed by atoms with E-state index in [0.717, 1.165) is 0 Å². The standard InChI is InChI=1S/C11H12ClN3O4/c12-8-6-13-5-7(14-8)9(16)15-11(10(17)18)1-3-19-4-2-11/h5-6H,1-4H2,(H,15,16)(H,17,18). The number of rotatable bonds is 3. The van der Waals surface area contributed by atoms with Gasteiger partial charge >= 0.3 is 5.97 Å². The number of carboxylic acids is 1. The first-order valence-electron chi connectivity index (χ1n) is 5.65. The molecular weight excluding hydrogens is 274 g/mol. The summed E-state index contributed by atoms with van der Waals surface area (Å²) in [6, 6.07) is 0. The Labute approximate surface area is 114 Å². The molecule has 7 nitrogen and oxygen atoms in total. The molecule has 0 bridgehead atoms. The van der Waals surface area contributed by atoms with Crippen LogP contribution in [-0.4, -0.2) is 45.7 Å². The number of aromatic nitrogens is 2. The molecule has 0 atom stereocenters. The number of nitrogens with one attached hydrogen (secondary N) is 1. The third-order valence-corrected chi connectivity index (χ3v) is 3.13. The summed E-state index contributed by atoms with van der Waals surface area (Å²) in [5, 5.41) is 11.9. The summed E-state index contributed by atoms with van der Waals surface area (Å²) in [4.78, 5) is 30.9. The van der Waals surface area contributed by atoms with Crippen LogP contribution in [0, 0.1) is 0 Å². The molecule has 0 aromatic carbocycles. The Bertz CT molecular complexity index is 502. The van der Waals surface area contributed by atoms with Crippen molar-refractivity contribution in [2.75, 3.05) is 13.2 Å². The third kappa shape index (κ3) is 2.99. The minimum atomic E-state index is -1.32. The van der Waals surface area contributed by atoms with Crippen molar-refractivity contribution in [2.24, 2.45) is 0 Å². The number of aliphatic carboxylic acids is 1. The highest BCUT2D eigenvalue weighted by Crippen LogP contribution is 2.21. The molecule has 102 valence electrons. The van der Waals surface area contributed by atoms with Crippen LogP contribution in [0.5, 0.6) is 0 Å². The Morgan fingerprint density at radius 2 is 2.05 bits per heavy atom. The molecule has 0 spiro atoms. The van der Waals surface area contributed by atoms with E-state index in [1.807, 2.05) is 0 Å². The molecule has 0 aliphatic carbocycles. The van der Waals surface area contributed by atoms with E-state index in [-0.39, 0.29) is 36.9 Å². The number of carbonyl (C=O) groups excluding carboxylic acids is 1. The van der Waals surface area contributed by atoms with Gasteiger partial charge < -0.3 is 15.2 Å². The lowest BCUT2D eigenvalue weighted by molar-refractivity contribution is -0.148. The highest BCUT2D eigenvalue weighted by Gasteiger charge is 2.42. The smallest absolute Gasteiger partial charge is 0.329 e. The predicted molar refractivity (Wildman–Crippen MR) is 64.9 cm³/mol. The molecule has 1 aliphatic heterocycles. The topological polar surface area (TPSA) is 101 Å². The molecule has 1 aromatic rings. The van der Waals surface area contributed by atoms with Crippen molar-refractivity contribution in [3.63, 3.8) is 0 Å². The summed E-state index contributed by atoms with van der Waals surface area (Å²) in [6.07, 6.45) is 2.94. The van der Waals surface area contributed by atoms with E-state index < -0.39 is 17.4 Å². The van der Waals surface area contributed by atoms with Gasteiger partial charge in [-0.15, -0.1) is 0 Å². The monoisotopic (exact) mass is 285 g/mol. The largest absolute Gasteiger partial charge is 0.480 e. The number of amides is 1. The number of carbonyl (C=O) groups is 2. The molecule has 0 unspecified atom stereocenters. The van der Waals surface area contributed by atoms with Gasteiger partial charge in [0.2, 0.25) is 0 Å². The minimum Gasteiger partial charge on any atom is -0.480 e. The maximum Gasteiger partial charge on any atom is 0.329 e. The third-order valence-electron chi connectivity index (χ3n) is 2.95. The highest BCUT2D eigenvalue weighted by atomic mass is 35.5. The van der Waals surface area contributed by atoms with E-state index in [4.69, 9.17) is 16.3 Å². The number of hydrogen-bond donors (Lipinski definition) is 2. The summed E-state index contributed by atoms with van der Waals surface area (Å²) in [5.74, 6) is -1.70. The van der Waals surface area contributed by atoms with E-state index in [1.54, 1.807) is 0 Å². The van der Waals surface area contributed by atoms with Crippen molar-refractivity contribution in [1.82, 2.24) is 15.3 Å². The van der Waals surface area contributed by atoms with Gasteiger partial charge in [-0.1, -0.05) is 11.6 Å². The summed E-state index contributed by atoms with van der Waals surface area (Å²) >= 11 is 5.64. The van der Waals surface area contributed by atoms with Crippen LogP contribution in [-0.2, 0) is 9.53 Å². The van der Waals surface area contributed by atoms with Gasteiger partial charge in [-0.25, -0.2) is 9.78 Å². The van der Waals surface area contributed by atoms with Crippen molar-refractivity contribution in [3.05, 3.63) is 23.2 Å². The van der Waals surface area contributed by atoms with Crippen LogP contribution >= 0.6 is 11.6 Å². The number of nitrogens with zero attached hydrogens (tertiary/aromatic N) is 2. The average Bonchev–Trinajstić information content (AvgIpc) is 2.39. The lowest BCUT2D eigenvalue weighted by Gasteiger charge is -2.33. The van der Waals surface area contributed by atoms with Crippen LogP contribution in [0.1, 0.15) is 23.3 Å². The molecule has 19 heavy (non-hydrogen) atoms. The fourth-order valence-corrected chi connectivity index (χ4v) is 1.99. The van der Waals surface area contributed by atoms with E-state index >= 15 is 0 Å². The zero-order valence-corrected chi connectivity index (χ0v) is 10.7. The molecule has 2 heterocycles. The van der Waals surface area contributed by atoms with Gasteiger partial charge in [-0.05, 0) is 0 Å². The quantitative estimate of drug-likeness (QED) is 0.838. The Morgan fingerprint density at radius 1 is 1.37 bits per heavy atom. The Hall–Kier alpha value is -1.73. The molecule has 2 N–H and O–H groups in total. The number of ether oxygens (including phenoxy) is 1. The second-order valence-electron chi connectivity index (χ2n) is 4.18. The van der Waals surface area contributed by atoms with E-state index in [2.05, 4.69) is 15.3 Å². The maximum atomic E-state index is 12.0. The fourth-order valence-electron chi connectivity index (χ4n) is 1.85. The number of hydrogen-bond acceptors (Lipinski definition) is 5. The fraction of sp³-hybridized carbons (Fsp3) is 0.455. The normalized spacial score (nSPS) is 17.7. The van der Waals surface area contributed by atoms with E-state index in [9.17, 15) is 14.7 Å². The SMILES string of the molecule is O=C(NC1(C(=O)O)CCOCC1)c1cncc(Cl)n1. The first-order valence-corrected chi connectivity index (χ1v) is 6.02. The van der Waals surface area contributed by atoms with Crippen molar-refractivity contribution in [2.45, 2.75) is 18.4 Å². The molecule has 0 saturated carbocycles. The maximum absolute atomic E-state index is 12.0. The second kappa shape index (κ2) is 5.50. The Kier molecular flexibility index (Phi) is 3.96. The van der Waals surface area contributed by atoms with Gasteiger partial charge in [-0.2, -0.15) is 0 Å². The lowest BCUT2D eigenvalue weighted by Crippen LogP contribution is -2.57. The van der Waals surface area contributed by atoms with Crippen LogP contribution in [0.15, 0.2) is 12.4 Å². The Balaban J connectivity index is 2.18. The van der Waals surface area contributed by atoms with Crippen molar-refractivity contribution in [1.29, 1.82) is 0 Å². The minimum absolute atomic E-state index is 0.0142. The van der Waals surface area contributed by atoms with Gasteiger partial charge in [0.1, 0.15) is 16.4 Å². The van der Waals surface area contributed by atoms with Crippen molar-refractivity contribution < 1.29 is 19.4 Å². The number of halogens is 1. The van der Waals surface area contributed by atoms with Gasteiger partial charge in [0.15, 0.2) is 0 Å². The van der Waals surface area contributed by atoms with Crippen LogP contribution in [0.3, 0.4) is 0 Å². The van der Waals surface area contributed by atoms with Crippen molar-refractivity contribution >= 4 is 23.5 Å². The lowest BCUT2D eigenvalue weighted by atomic mass is 9.90. The first-order chi connectivity index (χ1) is 9.03. The van der Waals surface area contributed by atoms with Crippen LogP contribution < -0.4 is 5.32 Å². The molecule has 1 aromatic heterocycles. The molecule has 1 saturated heterocycles. The summed E-state index contributed by atoms with van der Waals surface area (Å²) in [5.41, 5.74) is -1.33. The van der Waals surface area contributed by atoms with E-state index in [0.29, 0.717) is 0 Å². The van der Waals surface area contributed by atoms with Gasteiger partial charge in [0.05, 0.1) is 12.4 Å². The summed E-state index contributed by atoms with van der Waals surface area (Å²) in [6.45, 7) is 0.571. The summed E-state index contributed by atoms with van der Waals surface area (Å²) < 4.78 is 5.12. The molecule has 1 amide bonds. The van der Waals surface area contributed by atoms with Gasteiger partial charge in [0.25, 0.3) is 5.91 Å².